The largest absolute Gasteiger partial charge is 0.388 e. The van der Waals surface area contributed by atoms with Crippen LogP contribution in [0, 0.1) is 0 Å². The van der Waals surface area contributed by atoms with E-state index in [9.17, 15) is 0 Å². The van der Waals surface area contributed by atoms with Gasteiger partial charge in [0.15, 0.2) is 5.82 Å². The van der Waals surface area contributed by atoms with Crippen molar-refractivity contribution in [3.8, 4) is 11.5 Å². The van der Waals surface area contributed by atoms with E-state index in [1.165, 1.54) is 0 Å². The van der Waals surface area contributed by atoms with E-state index in [4.69, 9.17) is 32.8 Å². The molecule has 2 rings (SSSR count). The maximum absolute atomic E-state index is 8.79. The number of rotatable bonds is 2. The summed E-state index contributed by atoms with van der Waals surface area (Å²) in [5, 5.41) is 13.2. The number of halogens is 2. The molecule has 1 N–H and O–H groups in total. The molecule has 0 atom stereocenters. The fourth-order valence-corrected chi connectivity index (χ4v) is 1.68. The first-order valence-corrected chi connectivity index (χ1v) is 4.86. The summed E-state index contributed by atoms with van der Waals surface area (Å²) in [6.07, 6.45) is 0. The molecule has 0 spiro atoms. The summed E-state index contributed by atoms with van der Waals surface area (Å²) < 4.78 is 4.91. The van der Waals surface area contributed by atoms with Gasteiger partial charge in [0.05, 0.1) is 15.6 Å². The van der Waals surface area contributed by atoms with Gasteiger partial charge in [0.2, 0.25) is 0 Å². The third-order valence-electron chi connectivity index (χ3n) is 1.79. The average Bonchev–Trinajstić information content (AvgIpc) is 2.66. The minimum absolute atomic E-state index is 0.195. The first-order valence-electron chi connectivity index (χ1n) is 4.10. The molecule has 1 aromatic carbocycles. The van der Waals surface area contributed by atoms with Crippen LogP contribution in [0.4, 0.5) is 0 Å². The molecule has 4 nitrogen and oxygen atoms in total. The standard InChI is InChI=1S/C9H6Cl2N2O2/c10-5-2-1-3-6(11)8(5)9-12-7(4-14)13-15-9/h1-3,14H,4H2. The van der Waals surface area contributed by atoms with Gasteiger partial charge < -0.3 is 9.63 Å². The second-order valence-electron chi connectivity index (χ2n) is 2.77. The second-order valence-corrected chi connectivity index (χ2v) is 3.58. The van der Waals surface area contributed by atoms with Crippen molar-refractivity contribution in [2.24, 2.45) is 0 Å². The Morgan fingerprint density at radius 3 is 2.47 bits per heavy atom. The second kappa shape index (κ2) is 4.18. The van der Waals surface area contributed by atoms with Gasteiger partial charge in [-0.2, -0.15) is 4.98 Å². The molecule has 78 valence electrons. The van der Waals surface area contributed by atoms with Crippen LogP contribution in [-0.4, -0.2) is 15.2 Å². The van der Waals surface area contributed by atoms with Gasteiger partial charge in [-0.25, -0.2) is 0 Å². The lowest BCUT2D eigenvalue weighted by atomic mass is 10.2. The molecule has 0 bridgehead atoms. The monoisotopic (exact) mass is 244 g/mol. The fourth-order valence-electron chi connectivity index (χ4n) is 1.12. The van der Waals surface area contributed by atoms with E-state index in [2.05, 4.69) is 10.1 Å². The van der Waals surface area contributed by atoms with Crippen LogP contribution in [-0.2, 0) is 6.61 Å². The molecule has 2 aromatic rings. The summed E-state index contributed by atoms with van der Waals surface area (Å²) in [7, 11) is 0. The minimum atomic E-state index is -0.286. The van der Waals surface area contributed by atoms with E-state index in [0.29, 0.717) is 15.6 Å². The van der Waals surface area contributed by atoms with Crippen LogP contribution in [0.25, 0.3) is 11.5 Å². The van der Waals surface area contributed by atoms with Gasteiger partial charge in [-0.3, -0.25) is 0 Å². The molecule has 0 aliphatic rings. The Morgan fingerprint density at radius 1 is 1.27 bits per heavy atom. The molecular formula is C9H6Cl2N2O2. The zero-order chi connectivity index (χ0) is 10.8. The van der Waals surface area contributed by atoms with Crippen LogP contribution in [0.2, 0.25) is 10.0 Å². The highest BCUT2D eigenvalue weighted by molar-refractivity contribution is 6.38. The van der Waals surface area contributed by atoms with Gasteiger partial charge >= 0.3 is 0 Å². The summed E-state index contributed by atoms with van der Waals surface area (Å²) in [5.41, 5.74) is 0.480. The average molecular weight is 245 g/mol. The zero-order valence-corrected chi connectivity index (χ0v) is 8.96. The maximum Gasteiger partial charge on any atom is 0.261 e. The van der Waals surface area contributed by atoms with Crippen molar-refractivity contribution in [2.75, 3.05) is 0 Å². The van der Waals surface area contributed by atoms with Gasteiger partial charge in [0.25, 0.3) is 5.89 Å². The highest BCUT2D eigenvalue weighted by atomic mass is 35.5. The van der Waals surface area contributed by atoms with Crippen molar-refractivity contribution >= 4 is 23.2 Å². The van der Waals surface area contributed by atoms with Gasteiger partial charge in [-0.1, -0.05) is 34.4 Å². The molecule has 0 unspecified atom stereocenters. The van der Waals surface area contributed by atoms with Crippen molar-refractivity contribution in [3.63, 3.8) is 0 Å². The molecule has 0 saturated heterocycles. The van der Waals surface area contributed by atoms with Crippen molar-refractivity contribution in [1.82, 2.24) is 10.1 Å². The molecule has 1 aromatic heterocycles. The number of hydrogen-bond donors (Lipinski definition) is 1. The van der Waals surface area contributed by atoms with Crippen LogP contribution < -0.4 is 0 Å². The predicted molar refractivity (Wildman–Crippen MR) is 55.7 cm³/mol. The molecule has 0 aliphatic heterocycles. The highest BCUT2D eigenvalue weighted by Gasteiger charge is 2.14. The Balaban J connectivity index is 2.53. The maximum atomic E-state index is 8.79. The normalized spacial score (nSPS) is 10.6. The summed E-state index contributed by atoms with van der Waals surface area (Å²) in [6, 6.07) is 5.06. The Labute approximate surface area is 95.4 Å². The Bertz CT molecular complexity index is 464. The number of aliphatic hydroxyl groups excluding tert-OH is 1. The van der Waals surface area contributed by atoms with Crippen molar-refractivity contribution < 1.29 is 9.63 Å². The first kappa shape index (κ1) is 10.4. The van der Waals surface area contributed by atoms with E-state index in [1.54, 1.807) is 18.2 Å². The summed E-state index contributed by atoms with van der Waals surface area (Å²) in [4.78, 5) is 3.92. The number of nitrogens with zero attached hydrogens (tertiary/aromatic N) is 2. The number of aliphatic hydroxyl groups is 1. The van der Waals surface area contributed by atoms with Gasteiger partial charge in [0, 0.05) is 0 Å². The van der Waals surface area contributed by atoms with Crippen LogP contribution in [0.3, 0.4) is 0 Å². The molecule has 0 amide bonds. The van der Waals surface area contributed by atoms with E-state index >= 15 is 0 Å². The molecule has 0 saturated carbocycles. The molecule has 15 heavy (non-hydrogen) atoms. The summed E-state index contributed by atoms with van der Waals surface area (Å²) in [5.74, 6) is 0.399. The van der Waals surface area contributed by atoms with Crippen molar-refractivity contribution in [1.29, 1.82) is 0 Å². The van der Waals surface area contributed by atoms with Gasteiger partial charge in [-0.15, -0.1) is 0 Å². The van der Waals surface area contributed by atoms with E-state index in [0.717, 1.165) is 0 Å². The minimum Gasteiger partial charge on any atom is -0.388 e. The third kappa shape index (κ3) is 1.97. The van der Waals surface area contributed by atoms with Gasteiger partial charge in [-0.05, 0) is 12.1 Å². The van der Waals surface area contributed by atoms with Crippen LogP contribution in [0.1, 0.15) is 5.82 Å². The summed E-state index contributed by atoms with van der Waals surface area (Å²) >= 11 is 11.9. The topological polar surface area (TPSA) is 59.2 Å². The number of benzene rings is 1. The van der Waals surface area contributed by atoms with E-state index < -0.39 is 0 Å². The molecule has 0 fully saturated rings. The number of aromatic nitrogens is 2. The quantitative estimate of drug-likeness (QED) is 0.883. The lowest BCUT2D eigenvalue weighted by Crippen LogP contribution is -1.86. The smallest absolute Gasteiger partial charge is 0.261 e. The highest BCUT2D eigenvalue weighted by Crippen LogP contribution is 2.33. The molecule has 0 aliphatic carbocycles. The predicted octanol–water partition coefficient (Wildman–Crippen LogP) is 2.54. The Hall–Kier alpha value is -1.10. The SMILES string of the molecule is OCc1noc(-c2c(Cl)cccc2Cl)n1. The zero-order valence-electron chi connectivity index (χ0n) is 7.44. The van der Waals surface area contributed by atoms with Crippen molar-refractivity contribution in [2.45, 2.75) is 6.61 Å². The van der Waals surface area contributed by atoms with E-state index in [-0.39, 0.29) is 18.3 Å². The van der Waals surface area contributed by atoms with Crippen LogP contribution in [0.5, 0.6) is 0 Å². The lowest BCUT2D eigenvalue weighted by molar-refractivity contribution is 0.264. The molecular weight excluding hydrogens is 239 g/mol. The van der Waals surface area contributed by atoms with Crippen molar-refractivity contribution in [3.05, 3.63) is 34.1 Å². The Morgan fingerprint density at radius 2 is 1.93 bits per heavy atom. The first-order chi connectivity index (χ1) is 7.22. The number of hydrogen-bond acceptors (Lipinski definition) is 4. The third-order valence-corrected chi connectivity index (χ3v) is 2.42. The Kier molecular flexibility index (Phi) is 2.90. The van der Waals surface area contributed by atoms with E-state index in [1.807, 2.05) is 0 Å². The molecule has 0 radical (unpaired) electrons. The van der Waals surface area contributed by atoms with Gasteiger partial charge in [0.1, 0.15) is 6.61 Å². The lowest BCUT2D eigenvalue weighted by Gasteiger charge is -1.99. The molecule has 1 heterocycles. The van der Waals surface area contributed by atoms with Crippen LogP contribution >= 0.6 is 23.2 Å². The molecule has 6 heteroatoms. The van der Waals surface area contributed by atoms with Crippen LogP contribution in [0.15, 0.2) is 22.7 Å². The summed E-state index contributed by atoms with van der Waals surface area (Å²) in [6.45, 7) is -0.286. The fraction of sp³-hybridized carbons (Fsp3) is 0.111.